The average molecular weight is 219 g/mol. The first-order valence-corrected chi connectivity index (χ1v) is 8.50. The molecule has 2 nitrogen and oxygen atoms in total. The van der Waals surface area contributed by atoms with E-state index in [0.717, 1.165) is 5.69 Å². The van der Waals surface area contributed by atoms with Crippen LogP contribution in [0.1, 0.15) is 17.0 Å². The van der Waals surface area contributed by atoms with Gasteiger partial charge >= 0.3 is 0 Å². The monoisotopic (exact) mass is 219 g/mol. The maximum absolute atomic E-state index is 9.77. The SMILES string of the molecule is Cc1cc(C#C[Si](C)(C)C)c(O)c(C)n1. The van der Waals surface area contributed by atoms with Crippen molar-refractivity contribution in [3.05, 3.63) is 23.0 Å². The van der Waals surface area contributed by atoms with Crippen molar-refractivity contribution in [2.75, 3.05) is 0 Å². The van der Waals surface area contributed by atoms with E-state index in [1.165, 1.54) is 0 Å². The molecule has 0 saturated carbocycles. The number of aromatic nitrogens is 1. The molecule has 1 aromatic heterocycles. The van der Waals surface area contributed by atoms with Crippen LogP contribution >= 0.6 is 0 Å². The summed E-state index contributed by atoms with van der Waals surface area (Å²) in [6.45, 7) is 10.2. The van der Waals surface area contributed by atoms with Crippen LogP contribution in [0.3, 0.4) is 0 Å². The smallest absolute Gasteiger partial charge is 0.152 e. The molecule has 80 valence electrons. The van der Waals surface area contributed by atoms with Crippen molar-refractivity contribution < 1.29 is 5.11 Å². The second-order valence-corrected chi connectivity index (χ2v) is 9.50. The van der Waals surface area contributed by atoms with E-state index in [0.29, 0.717) is 11.3 Å². The van der Waals surface area contributed by atoms with Gasteiger partial charge in [0, 0.05) is 5.69 Å². The molecule has 0 atom stereocenters. The van der Waals surface area contributed by atoms with Gasteiger partial charge in [-0.15, -0.1) is 5.54 Å². The van der Waals surface area contributed by atoms with E-state index in [1.807, 2.05) is 13.0 Å². The predicted molar refractivity (Wildman–Crippen MR) is 65.6 cm³/mol. The highest BCUT2D eigenvalue weighted by molar-refractivity contribution is 6.83. The maximum atomic E-state index is 9.77. The maximum Gasteiger partial charge on any atom is 0.152 e. The van der Waals surface area contributed by atoms with Crippen LogP contribution in [-0.2, 0) is 0 Å². The molecular weight excluding hydrogens is 202 g/mol. The van der Waals surface area contributed by atoms with E-state index in [1.54, 1.807) is 6.92 Å². The molecule has 0 aliphatic carbocycles. The van der Waals surface area contributed by atoms with Gasteiger partial charge in [0.25, 0.3) is 0 Å². The van der Waals surface area contributed by atoms with Gasteiger partial charge in [-0.2, -0.15) is 0 Å². The third kappa shape index (κ3) is 3.41. The first-order chi connectivity index (χ1) is 6.79. The highest BCUT2D eigenvalue weighted by Gasteiger charge is 2.09. The summed E-state index contributed by atoms with van der Waals surface area (Å²) in [4.78, 5) is 4.17. The number of hydrogen-bond acceptors (Lipinski definition) is 2. The fourth-order valence-electron chi connectivity index (χ4n) is 1.17. The number of rotatable bonds is 0. The summed E-state index contributed by atoms with van der Waals surface area (Å²) >= 11 is 0. The molecule has 0 saturated heterocycles. The molecule has 1 heterocycles. The van der Waals surface area contributed by atoms with Gasteiger partial charge in [0.1, 0.15) is 8.07 Å². The van der Waals surface area contributed by atoms with E-state index >= 15 is 0 Å². The van der Waals surface area contributed by atoms with Crippen LogP contribution < -0.4 is 0 Å². The molecule has 0 bridgehead atoms. The summed E-state index contributed by atoms with van der Waals surface area (Å²) in [5.74, 6) is 3.27. The Balaban J connectivity index is 3.20. The zero-order valence-electron chi connectivity index (χ0n) is 9.97. The molecule has 3 heteroatoms. The Morgan fingerprint density at radius 3 is 2.40 bits per heavy atom. The minimum Gasteiger partial charge on any atom is -0.505 e. The molecule has 0 aliphatic heterocycles. The fourth-order valence-corrected chi connectivity index (χ4v) is 1.68. The van der Waals surface area contributed by atoms with Crippen LogP contribution in [-0.4, -0.2) is 18.2 Å². The fraction of sp³-hybridized carbons (Fsp3) is 0.417. The summed E-state index contributed by atoms with van der Waals surface area (Å²) in [7, 11) is -1.39. The summed E-state index contributed by atoms with van der Waals surface area (Å²) in [5.41, 5.74) is 5.47. The third-order valence-corrected chi connectivity index (χ3v) is 2.74. The quantitative estimate of drug-likeness (QED) is 0.537. The minimum absolute atomic E-state index is 0.214. The van der Waals surface area contributed by atoms with E-state index in [-0.39, 0.29) is 5.75 Å². The van der Waals surface area contributed by atoms with E-state index in [4.69, 9.17) is 0 Å². The lowest BCUT2D eigenvalue weighted by atomic mass is 10.2. The average Bonchev–Trinajstić information content (AvgIpc) is 2.07. The number of aromatic hydroxyl groups is 1. The molecule has 15 heavy (non-hydrogen) atoms. The number of hydrogen-bond donors (Lipinski definition) is 1. The van der Waals surface area contributed by atoms with E-state index < -0.39 is 8.07 Å². The van der Waals surface area contributed by atoms with Crippen LogP contribution in [0.2, 0.25) is 19.6 Å². The van der Waals surface area contributed by atoms with Crippen LogP contribution in [0, 0.1) is 25.3 Å². The zero-order chi connectivity index (χ0) is 11.6. The largest absolute Gasteiger partial charge is 0.505 e. The lowest BCUT2D eigenvalue weighted by Gasteiger charge is -2.05. The van der Waals surface area contributed by atoms with Gasteiger partial charge in [-0.05, 0) is 19.9 Å². The Morgan fingerprint density at radius 2 is 1.87 bits per heavy atom. The van der Waals surface area contributed by atoms with Crippen molar-refractivity contribution in [3.8, 4) is 17.2 Å². The molecule has 0 fully saturated rings. The number of aryl methyl sites for hydroxylation is 2. The molecule has 1 rings (SSSR count). The zero-order valence-corrected chi connectivity index (χ0v) is 11.0. The van der Waals surface area contributed by atoms with Gasteiger partial charge < -0.3 is 5.11 Å². The second-order valence-electron chi connectivity index (χ2n) is 4.75. The van der Waals surface area contributed by atoms with Gasteiger partial charge in [0.15, 0.2) is 5.75 Å². The van der Waals surface area contributed by atoms with Crippen molar-refractivity contribution in [2.24, 2.45) is 0 Å². The second kappa shape index (κ2) is 4.07. The number of pyridine rings is 1. The van der Waals surface area contributed by atoms with Crippen molar-refractivity contribution >= 4 is 8.07 Å². The summed E-state index contributed by atoms with van der Waals surface area (Å²) in [6.07, 6.45) is 0. The Morgan fingerprint density at radius 1 is 1.27 bits per heavy atom. The molecule has 1 N–H and O–H groups in total. The molecule has 1 aromatic rings. The van der Waals surface area contributed by atoms with Crippen LogP contribution in [0.5, 0.6) is 5.75 Å². The molecular formula is C12H17NOSi. The molecule has 0 amide bonds. The highest BCUT2D eigenvalue weighted by atomic mass is 28.3. The Bertz CT molecular complexity index is 435. The van der Waals surface area contributed by atoms with Crippen molar-refractivity contribution in [1.29, 1.82) is 0 Å². The number of nitrogens with zero attached hydrogens (tertiary/aromatic N) is 1. The summed E-state index contributed by atoms with van der Waals surface area (Å²) in [6, 6.07) is 1.83. The predicted octanol–water partition coefficient (Wildman–Crippen LogP) is 2.63. The van der Waals surface area contributed by atoms with Crippen LogP contribution in [0.15, 0.2) is 6.07 Å². The van der Waals surface area contributed by atoms with Gasteiger partial charge in [-0.3, -0.25) is 4.98 Å². The van der Waals surface area contributed by atoms with Crippen LogP contribution in [0.4, 0.5) is 0 Å². The lowest BCUT2D eigenvalue weighted by Crippen LogP contribution is -2.16. The Labute approximate surface area is 92.4 Å². The Hall–Kier alpha value is -1.27. The molecule has 0 aromatic carbocycles. The topological polar surface area (TPSA) is 33.1 Å². The highest BCUT2D eigenvalue weighted by Crippen LogP contribution is 2.20. The van der Waals surface area contributed by atoms with Crippen molar-refractivity contribution in [3.63, 3.8) is 0 Å². The lowest BCUT2D eigenvalue weighted by molar-refractivity contribution is 0.465. The van der Waals surface area contributed by atoms with Crippen molar-refractivity contribution in [1.82, 2.24) is 4.98 Å². The standard InChI is InChI=1S/C12H17NOSi/c1-9-8-11(6-7-15(3,4)5)12(14)10(2)13-9/h8,14H,1-5H3. The first-order valence-electron chi connectivity index (χ1n) is 5.00. The van der Waals surface area contributed by atoms with Gasteiger partial charge in [-0.25, -0.2) is 0 Å². The Kier molecular flexibility index (Phi) is 3.20. The van der Waals surface area contributed by atoms with Crippen molar-refractivity contribution in [2.45, 2.75) is 33.5 Å². The van der Waals surface area contributed by atoms with E-state index in [9.17, 15) is 5.11 Å². The van der Waals surface area contributed by atoms with Crippen LogP contribution in [0.25, 0.3) is 0 Å². The summed E-state index contributed by atoms with van der Waals surface area (Å²) < 4.78 is 0. The normalized spacial score (nSPS) is 10.7. The molecule has 0 unspecified atom stereocenters. The van der Waals surface area contributed by atoms with Gasteiger partial charge in [-0.1, -0.05) is 25.6 Å². The van der Waals surface area contributed by atoms with Gasteiger partial charge in [0.05, 0.1) is 11.3 Å². The molecule has 0 aliphatic rings. The molecule has 0 spiro atoms. The minimum atomic E-state index is -1.39. The first kappa shape index (κ1) is 11.8. The molecule has 0 radical (unpaired) electrons. The third-order valence-electron chi connectivity index (χ3n) is 1.87. The van der Waals surface area contributed by atoms with E-state index in [2.05, 4.69) is 36.1 Å². The summed E-state index contributed by atoms with van der Waals surface area (Å²) in [5, 5.41) is 9.77. The van der Waals surface area contributed by atoms with Gasteiger partial charge in [0.2, 0.25) is 0 Å².